The monoisotopic (exact) mass is 477 g/mol. The van der Waals surface area contributed by atoms with Crippen LogP contribution >= 0.6 is 0 Å². The van der Waals surface area contributed by atoms with Crippen molar-refractivity contribution in [3.8, 4) is 0 Å². The van der Waals surface area contributed by atoms with Crippen LogP contribution in [0.5, 0.6) is 0 Å². The first-order chi connectivity index (χ1) is 14.1. The topological polar surface area (TPSA) is 105 Å². The van der Waals surface area contributed by atoms with E-state index < -0.39 is 51.1 Å². The zero-order valence-corrected chi connectivity index (χ0v) is 17.1. The number of esters is 1. The number of carbonyl (C=O) groups excluding carboxylic acids is 1. The highest BCUT2D eigenvalue weighted by molar-refractivity contribution is 7.86. The zero-order valence-electron chi connectivity index (χ0n) is 16.3. The fourth-order valence-corrected chi connectivity index (χ4v) is 6.55. The van der Waals surface area contributed by atoms with Crippen LogP contribution in [0.3, 0.4) is 0 Å². The molecule has 4 atom stereocenters. The fourth-order valence-electron chi connectivity index (χ4n) is 6.11. The molecule has 4 unspecified atom stereocenters. The molecule has 4 saturated carbocycles. The second-order valence-corrected chi connectivity index (χ2v) is 11.0. The normalized spacial score (nSPS) is 38.2. The van der Waals surface area contributed by atoms with E-state index in [1.165, 1.54) is 0 Å². The van der Waals surface area contributed by atoms with Crippen LogP contribution in [0.1, 0.15) is 44.9 Å². The number of alkyl halides is 5. The maximum Gasteiger partial charge on any atom is 0.432 e. The van der Waals surface area contributed by atoms with E-state index in [2.05, 4.69) is 4.74 Å². The molecule has 0 N–H and O–H groups in total. The van der Waals surface area contributed by atoms with Crippen molar-refractivity contribution < 1.29 is 53.9 Å². The Balaban J connectivity index is 1.49. The molecule has 5 fully saturated rings. The quantitative estimate of drug-likeness (QED) is 0.229. The number of epoxide rings is 1. The zero-order chi connectivity index (χ0) is 22.9. The molecule has 178 valence electrons. The largest absolute Gasteiger partial charge is 0.743 e. The Hall–Kier alpha value is -1.05. The molecule has 7 nitrogen and oxygen atoms in total. The van der Waals surface area contributed by atoms with Gasteiger partial charge in [-0.3, -0.25) is 4.79 Å². The van der Waals surface area contributed by atoms with Gasteiger partial charge in [0.1, 0.15) is 6.10 Å². The van der Waals surface area contributed by atoms with Gasteiger partial charge in [0, 0.05) is 0 Å². The predicted molar refractivity (Wildman–Crippen MR) is 90.7 cm³/mol. The lowest BCUT2D eigenvalue weighted by atomic mass is 9.47. The highest BCUT2D eigenvalue weighted by Gasteiger charge is 2.64. The van der Waals surface area contributed by atoms with Crippen LogP contribution in [0.25, 0.3) is 0 Å². The van der Waals surface area contributed by atoms with Crippen LogP contribution in [-0.4, -0.2) is 61.4 Å². The molecule has 0 spiro atoms. The number of rotatable bonds is 8. The number of ether oxygens (including phenoxy) is 3. The highest BCUT2D eigenvalue weighted by atomic mass is 32.2. The molecule has 0 amide bonds. The van der Waals surface area contributed by atoms with Crippen LogP contribution in [0.2, 0.25) is 0 Å². The highest BCUT2D eigenvalue weighted by Crippen LogP contribution is 2.64. The van der Waals surface area contributed by atoms with Gasteiger partial charge >= 0.3 is 17.4 Å². The minimum absolute atomic E-state index is 0.0118. The Morgan fingerprint density at radius 1 is 1.13 bits per heavy atom. The van der Waals surface area contributed by atoms with Crippen molar-refractivity contribution in [1.29, 1.82) is 0 Å². The number of hydrogen-bond acceptors (Lipinski definition) is 7. The molecule has 1 heterocycles. The van der Waals surface area contributed by atoms with E-state index in [4.69, 9.17) is 9.47 Å². The standard InChI is InChI=1S/C18H23F5O7S/c19-17(20,21)14(18(22,23)31(25,26)27)30-13(24)6-15-2-10-1-11(3-15)5-16(4-10,9-15)29-8-12-7-28-12/h10-12,14H,1-9H2,(H,25,26,27)/p-1. The summed E-state index contributed by atoms with van der Waals surface area (Å²) in [6.07, 6.45) is -7.03. The molecule has 0 aromatic rings. The molecule has 0 radical (unpaired) electrons. The number of halogens is 5. The van der Waals surface area contributed by atoms with E-state index in [1.807, 2.05) is 0 Å². The van der Waals surface area contributed by atoms with E-state index in [9.17, 15) is 39.7 Å². The van der Waals surface area contributed by atoms with E-state index in [0.717, 1.165) is 19.3 Å². The Kier molecular flexibility index (Phi) is 5.39. The minimum atomic E-state index is -6.72. The third-order valence-electron chi connectivity index (χ3n) is 6.81. The maximum absolute atomic E-state index is 13.7. The van der Waals surface area contributed by atoms with Gasteiger partial charge in [0.2, 0.25) is 0 Å². The summed E-state index contributed by atoms with van der Waals surface area (Å²) in [5.74, 6) is -1.22. The van der Waals surface area contributed by atoms with Crippen LogP contribution in [0.15, 0.2) is 0 Å². The smallest absolute Gasteiger partial charge is 0.432 e. The maximum atomic E-state index is 13.7. The van der Waals surface area contributed by atoms with Crippen LogP contribution < -0.4 is 0 Å². The molecule has 5 aliphatic rings. The molecule has 0 aromatic heterocycles. The Labute approximate surface area is 175 Å². The molecule has 1 saturated heterocycles. The third kappa shape index (κ3) is 4.55. The molecule has 4 bridgehead atoms. The van der Waals surface area contributed by atoms with Crippen molar-refractivity contribution in [3.63, 3.8) is 0 Å². The lowest BCUT2D eigenvalue weighted by Crippen LogP contribution is -2.58. The Morgan fingerprint density at radius 3 is 2.19 bits per heavy atom. The van der Waals surface area contributed by atoms with Crippen LogP contribution in [0, 0.1) is 17.3 Å². The average Bonchev–Trinajstić information content (AvgIpc) is 3.38. The number of carbonyl (C=O) groups is 1. The average molecular weight is 477 g/mol. The third-order valence-corrected chi connectivity index (χ3v) is 7.69. The van der Waals surface area contributed by atoms with Gasteiger partial charge in [0.05, 0.1) is 25.2 Å². The first-order valence-electron chi connectivity index (χ1n) is 9.98. The summed E-state index contributed by atoms with van der Waals surface area (Å²) in [6, 6.07) is 0. The first kappa shape index (κ1) is 23.1. The Morgan fingerprint density at radius 2 is 1.71 bits per heavy atom. The summed E-state index contributed by atoms with van der Waals surface area (Å²) < 4.78 is 114. The molecule has 4 aliphatic carbocycles. The van der Waals surface area contributed by atoms with Crippen molar-refractivity contribution >= 4 is 16.1 Å². The van der Waals surface area contributed by atoms with Crippen molar-refractivity contribution in [2.24, 2.45) is 17.3 Å². The van der Waals surface area contributed by atoms with E-state index in [-0.39, 0.29) is 17.9 Å². The van der Waals surface area contributed by atoms with Gasteiger partial charge in [0.15, 0.2) is 10.1 Å². The van der Waals surface area contributed by atoms with Gasteiger partial charge < -0.3 is 18.8 Å². The van der Waals surface area contributed by atoms with Gasteiger partial charge in [0.25, 0.3) is 6.10 Å². The molecule has 13 heteroatoms. The summed E-state index contributed by atoms with van der Waals surface area (Å²) in [7, 11) is -6.72. The van der Waals surface area contributed by atoms with Crippen LogP contribution in [-0.2, 0) is 29.1 Å². The second kappa shape index (κ2) is 7.22. The van der Waals surface area contributed by atoms with Crippen molar-refractivity contribution in [1.82, 2.24) is 0 Å². The van der Waals surface area contributed by atoms with Gasteiger partial charge in [-0.1, -0.05) is 0 Å². The van der Waals surface area contributed by atoms with Crippen molar-refractivity contribution in [3.05, 3.63) is 0 Å². The van der Waals surface area contributed by atoms with Crippen molar-refractivity contribution in [2.75, 3.05) is 13.2 Å². The summed E-state index contributed by atoms with van der Waals surface area (Å²) in [5, 5.41) is -5.84. The number of hydrogen-bond donors (Lipinski definition) is 0. The Bertz CT molecular complexity index is 825. The van der Waals surface area contributed by atoms with Gasteiger partial charge in [-0.15, -0.1) is 0 Å². The SMILES string of the molecule is O=C(CC12CC3CC(C1)CC(OCC1CO1)(C3)C2)OC(C(F)(F)F)C(F)(F)S(=O)(=O)[O-]. The van der Waals surface area contributed by atoms with E-state index in [0.29, 0.717) is 32.5 Å². The lowest BCUT2D eigenvalue weighted by Gasteiger charge is -2.61. The van der Waals surface area contributed by atoms with Gasteiger partial charge in [-0.25, -0.2) is 8.42 Å². The summed E-state index contributed by atoms with van der Waals surface area (Å²) in [5.41, 5.74) is -1.31. The second-order valence-electron chi connectivity index (χ2n) is 9.51. The first-order valence-corrected chi connectivity index (χ1v) is 11.4. The summed E-state index contributed by atoms with van der Waals surface area (Å²) in [6.45, 7) is 0.972. The molecular formula is C18H22F5O7S-. The molecule has 5 rings (SSSR count). The molecule has 0 aromatic carbocycles. The minimum Gasteiger partial charge on any atom is -0.743 e. The van der Waals surface area contributed by atoms with Crippen molar-refractivity contribution in [2.45, 2.75) is 74.2 Å². The van der Waals surface area contributed by atoms with Gasteiger partial charge in [-0.05, 0) is 55.8 Å². The summed E-state index contributed by atoms with van der Waals surface area (Å²) >= 11 is 0. The van der Waals surface area contributed by atoms with Crippen LogP contribution in [0.4, 0.5) is 22.0 Å². The van der Waals surface area contributed by atoms with Gasteiger partial charge in [-0.2, -0.15) is 22.0 Å². The predicted octanol–water partition coefficient (Wildman–Crippen LogP) is 2.74. The lowest BCUT2D eigenvalue weighted by molar-refractivity contribution is -0.262. The fraction of sp³-hybridized carbons (Fsp3) is 0.944. The summed E-state index contributed by atoms with van der Waals surface area (Å²) in [4.78, 5) is 12.3. The molecular weight excluding hydrogens is 455 g/mol. The van der Waals surface area contributed by atoms with E-state index >= 15 is 0 Å². The van der Waals surface area contributed by atoms with E-state index in [1.54, 1.807) is 0 Å². The molecule has 1 aliphatic heterocycles. The molecule has 31 heavy (non-hydrogen) atoms.